The summed E-state index contributed by atoms with van der Waals surface area (Å²) < 4.78 is 0.553. The maximum Gasteiger partial charge on any atom is 0.270 e. The number of rotatable bonds is 4. The van der Waals surface area contributed by atoms with Gasteiger partial charge in [-0.05, 0) is 49.8 Å². The van der Waals surface area contributed by atoms with E-state index in [9.17, 15) is 9.59 Å². The molecular formula is C21H21N5O2S. The zero-order valence-corrected chi connectivity index (χ0v) is 17.1. The monoisotopic (exact) mass is 407 g/mol. The molecule has 0 unspecified atom stereocenters. The summed E-state index contributed by atoms with van der Waals surface area (Å²) in [6.07, 6.45) is 1.88. The number of benzene rings is 1. The zero-order chi connectivity index (χ0) is 20.5. The number of nitrogens with one attached hydrogen (secondary N) is 1. The highest BCUT2D eigenvalue weighted by Gasteiger charge is 2.26. The van der Waals surface area contributed by atoms with Crippen LogP contribution in [0.2, 0.25) is 0 Å². The van der Waals surface area contributed by atoms with Gasteiger partial charge in [-0.25, -0.2) is 9.99 Å². The summed E-state index contributed by atoms with van der Waals surface area (Å²) in [6, 6.07) is 9.75. The topological polar surface area (TPSA) is 81.7 Å². The number of aromatic amines is 1. The molecule has 1 aliphatic rings. The van der Waals surface area contributed by atoms with Gasteiger partial charge >= 0.3 is 0 Å². The fourth-order valence-corrected chi connectivity index (χ4v) is 4.28. The first-order chi connectivity index (χ1) is 14.0. The van der Waals surface area contributed by atoms with Crippen LogP contribution in [0, 0.1) is 0 Å². The van der Waals surface area contributed by atoms with Gasteiger partial charge in [0.15, 0.2) is 0 Å². The number of carbonyl (C=O) groups excluding carboxylic acids is 1. The Kier molecular flexibility index (Phi) is 5.02. The van der Waals surface area contributed by atoms with E-state index >= 15 is 0 Å². The van der Waals surface area contributed by atoms with Gasteiger partial charge in [0.1, 0.15) is 4.70 Å². The highest BCUT2D eigenvalue weighted by atomic mass is 32.1. The molecule has 148 valence electrons. The Morgan fingerprint density at radius 3 is 2.90 bits per heavy atom. The third-order valence-corrected chi connectivity index (χ3v) is 6.08. The summed E-state index contributed by atoms with van der Waals surface area (Å²) in [4.78, 5) is 34.6. The van der Waals surface area contributed by atoms with Crippen LogP contribution in [0.25, 0.3) is 10.2 Å². The van der Waals surface area contributed by atoms with Crippen LogP contribution in [0.3, 0.4) is 0 Å². The minimum atomic E-state index is -0.240. The Hall–Kier alpha value is -3.26. The predicted molar refractivity (Wildman–Crippen MR) is 118 cm³/mol. The van der Waals surface area contributed by atoms with Crippen LogP contribution >= 0.6 is 11.3 Å². The normalized spacial score (nSPS) is 14.3. The second kappa shape index (κ2) is 7.63. The molecule has 0 saturated carbocycles. The molecule has 1 N–H and O–H groups in total. The van der Waals surface area contributed by atoms with Crippen LogP contribution in [0.4, 0.5) is 11.6 Å². The van der Waals surface area contributed by atoms with Gasteiger partial charge in [-0.2, -0.15) is 5.10 Å². The van der Waals surface area contributed by atoms with Crippen LogP contribution in [0.1, 0.15) is 25.8 Å². The van der Waals surface area contributed by atoms with Crippen molar-refractivity contribution in [2.24, 2.45) is 5.10 Å². The first-order valence-corrected chi connectivity index (χ1v) is 10.2. The molecular weight excluding hydrogens is 386 g/mol. The fraction of sp³-hybridized carbons (Fsp3) is 0.238. The number of thiophene rings is 1. The molecule has 29 heavy (non-hydrogen) atoms. The summed E-state index contributed by atoms with van der Waals surface area (Å²) in [5, 5.41) is 7.23. The van der Waals surface area contributed by atoms with Gasteiger partial charge in [0.05, 0.1) is 11.2 Å². The molecule has 4 rings (SSSR count). The predicted octanol–water partition coefficient (Wildman–Crippen LogP) is 3.68. The number of aryl methyl sites for hydroxylation is 1. The highest BCUT2D eigenvalue weighted by Crippen LogP contribution is 2.29. The van der Waals surface area contributed by atoms with Crippen molar-refractivity contribution < 1.29 is 4.79 Å². The smallest absolute Gasteiger partial charge is 0.270 e. The first-order valence-electron chi connectivity index (χ1n) is 9.33. The standard InChI is InChI=1S/C21H21N5O2S/c1-13(20(28)25-11-6-8-15-7-4-5-9-17(15)25)14(2)26(22-3)21-23-16-10-12-29-18(16)19(27)24-21/h4-5,7,9-10,12H,3,6,8,11H2,1-2H3,(H,23,24,27)/b14-13+. The van der Waals surface area contributed by atoms with Crippen LogP contribution in [-0.2, 0) is 11.2 Å². The molecule has 3 aromatic rings. The van der Waals surface area contributed by atoms with Crippen LogP contribution in [0.15, 0.2) is 56.9 Å². The van der Waals surface area contributed by atoms with E-state index in [0.29, 0.717) is 28.0 Å². The van der Waals surface area contributed by atoms with Crippen molar-refractivity contribution >= 4 is 45.8 Å². The van der Waals surface area contributed by atoms with E-state index < -0.39 is 0 Å². The molecule has 1 aliphatic heterocycles. The molecule has 7 nitrogen and oxygen atoms in total. The largest absolute Gasteiger partial charge is 0.308 e. The van der Waals surface area contributed by atoms with Crippen LogP contribution in [-0.4, -0.2) is 29.1 Å². The minimum Gasteiger partial charge on any atom is -0.308 e. The first kappa shape index (κ1) is 19.1. The Morgan fingerprint density at radius 2 is 2.10 bits per heavy atom. The second-order valence-electron chi connectivity index (χ2n) is 6.88. The number of para-hydroxylation sites is 1. The Labute approximate surface area is 172 Å². The van der Waals surface area contributed by atoms with Crippen molar-refractivity contribution in [2.45, 2.75) is 26.7 Å². The van der Waals surface area contributed by atoms with Gasteiger partial charge in [-0.15, -0.1) is 11.3 Å². The van der Waals surface area contributed by atoms with Crippen molar-refractivity contribution in [3.05, 3.63) is 62.9 Å². The molecule has 0 radical (unpaired) electrons. The van der Waals surface area contributed by atoms with Gasteiger partial charge in [-0.3, -0.25) is 14.6 Å². The molecule has 8 heteroatoms. The average Bonchev–Trinajstić information content (AvgIpc) is 3.22. The van der Waals surface area contributed by atoms with Gasteiger partial charge in [0, 0.05) is 24.5 Å². The number of hydrogen-bond donors (Lipinski definition) is 1. The van der Waals surface area contributed by atoms with E-state index in [2.05, 4.69) is 27.9 Å². The minimum absolute atomic E-state index is 0.0951. The molecule has 0 spiro atoms. The summed E-state index contributed by atoms with van der Waals surface area (Å²) >= 11 is 1.33. The average molecular weight is 407 g/mol. The maximum absolute atomic E-state index is 13.3. The van der Waals surface area contributed by atoms with Crippen LogP contribution in [0.5, 0.6) is 0 Å². The third kappa shape index (κ3) is 3.36. The Morgan fingerprint density at radius 1 is 1.31 bits per heavy atom. The maximum atomic E-state index is 13.3. The lowest BCUT2D eigenvalue weighted by Crippen LogP contribution is -2.37. The molecule has 1 aromatic carbocycles. The Bertz CT molecular complexity index is 1190. The van der Waals surface area contributed by atoms with Crippen molar-refractivity contribution in [3.8, 4) is 0 Å². The van der Waals surface area contributed by atoms with Gasteiger partial charge in [0.2, 0.25) is 5.95 Å². The summed E-state index contributed by atoms with van der Waals surface area (Å²) in [6.45, 7) is 7.80. The molecule has 0 atom stereocenters. The second-order valence-corrected chi connectivity index (χ2v) is 7.79. The van der Waals surface area contributed by atoms with E-state index in [-0.39, 0.29) is 17.4 Å². The van der Waals surface area contributed by atoms with E-state index in [4.69, 9.17) is 0 Å². The molecule has 0 saturated heterocycles. The number of amides is 1. The summed E-state index contributed by atoms with van der Waals surface area (Å²) in [5.74, 6) is 0.141. The number of fused-ring (bicyclic) bond motifs is 2. The van der Waals surface area contributed by atoms with Crippen molar-refractivity contribution in [1.82, 2.24) is 9.97 Å². The van der Waals surface area contributed by atoms with E-state index in [1.165, 1.54) is 21.9 Å². The number of H-pyrrole nitrogens is 1. The zero-order valence-electron chi connectivity index (χ0n) is 16.3. The van der Waals surface area contributed by atoms with Crippen molar-refractivity contribution in [2.75, 3.05) is 16.5 Å². The van der Waals surface area contributed by atoms with Gasteiger partial charge in [0.25, 0.3) is 11.5 Å². The highest BCUT2D eigenvalue weighted by molar-refractivity contribution is 7.17. The van der Waals surface area contributed by atoms with Crippen LogP contribution < -0.4 is 15.5 Å². The number of hydrazone groups is 1. The van der Waals surface area contributed by atoms with E-state index in [1.807, 2.05) is 23.6 Å². The lowest BCUT2D eigenvalue weighted by atomic mass is 10.0. The third-order valence-electron chi connectivity index (χ3n) is 5.18. The number of carbonyl (C=O) groups is 1. The molecule has 3 heterocycles. The fourth-order valence-electron chi connectivity index (χ4n) is 3.55. The summed E-state index contributed by atoms with van der Waals surface area (Å²) in [5.41, 5.74) is 3.54. The molecule has 1 amide bonds. The molecule has 0 bridgehead atoms. The number of aromatic nitrogens is 2. The van der Waals surface area contributed by atoms with E-state index in [0.717, 1.165) is 18.5 Å². The SMILES string of the molecule is C=NN(/C(C)=C(\C)C(=O)N1CCCc2ccccc21)c1nc2ccsc2c(=O)[nH]1. The molecule has 2 aromatic heterocycles. The number of allylic oxidation sites excluding steroid dienone is 1. The van der Waals surface area contributed by atoms with E-state index in [1.54, 1.807) is 24.8 Å². The quantitative estimate of drug-likeness (QED) is 0.406. The molecule has 0 aliphatic carbocycles. The van der Waals surface area contributed by atoms with Gasteiger partial charge in [-0.1, -0.05) is 18.2 Å². The summed E-state index contributed by atoms with van der Waals surface area (Å²) in [7, 11) is 0. The molecule has 0 fully saturated rings. The lowest BCUT2D eigenvalue weighted by molar-refractivity contribution is -0.115. The number of hydrogen-bond acceptors (Lipinski definition) is 6. The van der Waals surface area contributed by atoms with Gasteiger partial charge < -0.3 is 4.90 Å². The lowest BCUT2D eigenvalue weighted by Gasteiger charge is -2.30. The number of anilines is 2. The Balaban J connectivity index is 1.72. The van der Waals surface area contributed by atoms with Crippen molar-refractivity contribution in [1.29, 1.82) is 0 Å². The number of nitrogens with zero attached hydrogens (tertiary/aromatic N) is 4. The van der Waals surface area contributed by atoms with Crippen molar-refractivity contribution in [3.63, 3.8) is 0 Å².